The Morgan fingerprint density at radius 3 is 2.54 bits per heavy atom. The lowest BCUT2D eigenvalue weighted by Gasteiger charge is -2.32. The van der Waals surface area contributed by atoms with Crippen LogP contribution in [-0.2, 0) is 14.3 Å². The summed E-state index contributed by atoms with van der Waals surface area (Å²) in [6.07, 6.45) is 5.63. The number of ether oxygens (including phenoxy) is 3. The molecule has 0 amide bonds. The summed E-state index contributed by atoms with van der Waals surface area (Å²) in [6, 6.07) is 9.02. The first-order valence-electron chi connectivity index (χ1n) is 9.43. The second kappa shape index (κ2) is 10.1. The molecule has 6 heteroatoms. The molecule has 2 N–H and O–H groups in total. The number of halogens is 1. The molecule has 4 atom stereocenters. The van der Waals surface area contributed by atoms with Crippen LogP contribution in [0.15, 0.2) is 30.3 Å². The van der Waals surface area contributed by atoms with E-state index in [1.807, 2.05) is 37.3 Å². The molecule has 3 rings (SSSR count). The van der Waals surface area contributed by atoms with Gasteiger partial charge in [-0.1, -0.05) is 43.9 Å². The summed E-state index contributed by atoms with van der Waals surface area (Å²) in [5.74, 6) is 1.04. The van der Waals surface area contributed by atoms with Crippen LogP contribution in [0.5, 0.6) is 5.75 Å². The Hall–Kier alpha value is -1.30. The van der Waals surface area contributed by atoms with Gasteiger partial charge in [-0.05, 0) is 37.8 Å². The Kier molecular flexibility index (Phi) is 8.19. The Labute approximate surface area is 162 Å². The van der Waals surface area contributed by atoms with Crippen LogP contribution in [-0.4, -0.2) is 36.9 Å². The van der Waals surface area contributed by atoms with Crippen molar-refractivity contribution in [2.75, 3.05) is 6.61 Å². The van der Waals surface area contributed by atoms with Crippen molar-refractivity contribution in [3.05, 3.63) is 30.3 Å². The Balaban J connectivity index is 0.00000243. The zero-order valence-corrected chi connectivity index (χ0v) is 16.2. The molecule has 1 heterocycles. The fourth-order valence-corrected chi connectivity index (χ4v) is 3.80. The Bertz CT molecular complexity index is 550. The second-order valence-electron chi connectivity index (χ2n) is 7.23. The average molecular weight is 384 g/mol. The van der Waals surface area contributed by atoms with Gasteiger partial charge in [-0.25, -0.2) is 0 Å². The number of hydrogen-bond donors (Lipinski definition) is 1. The summed E-state index contributed by atoms with van der Waals surface area (Å²) in [6.45, 7) is 2.32. The van der Waals surface area contributed by atoms with E-state index >= 15 is 0 Å². The summed E-state index contributed by atoms with van der Waals surface area (Å²) in [7, 11) is 0. The maximum Gasteiger partial charge on any atom is 0.323 e. The maximum atomic E-state index is 12.1. The van der Waals surface area contributed by atoms with E-state index in [1.54, 1.807) is 0 Å². The third-order valence-corrected chi connectivity index (χ3v) is 5.25. The first-order valence-corrected chi connectivity index (χ1v) is 9.43. The lowest BCUT2D eigenvalue weighted by Crippen LogP contribution is -2.45. The van der Waals surface area contributed by atoms with E-state index in [1.165, 1.54) is 25.7 Å². The SMILES string of the molecule is C[C@@H]1OC(=O)[C@@H](N)CCO[C@H](CC2CCCC2)[C@H]1Oc1ccccc1.Cl. The molecule has 0 spiro atoms. The van der Waals surface area contributed by atoms with Gasteiger partial charge in [0.05, 0.1) is 6.10 Å². The van der Waals surface area contributed by atoms with Crippen LogP contribution in [0.3, 0.4) is 0 Å². The second-order valence-corrected chi connectivity index (χ2v) is 7.23. The molecule has 1 saturated heterocycles. The molecule has 5 nitrogen and oxygen atoms in total. The molecule has 0 unspecified atom stereocenters. The van der Waals surface area contributed by atoms with Crippen LogP contribution in [0.25, 0.3) is 0 Å². The molecule has 0 bridgehead atoms. The summed E-state index contributed by atoms with van der Waals surface area (Å²) >= 11 is 0. The monoisotopic (exact) mass is 383 g/mol. The standard InChI is InChI=1S/C20H29NO4.ClH/c1-14-19(25-16-9-3-2-4-10-16)18(13-15-7-5-6-8-15)23-12-11-17(21)20(22)24-14;/h2-4,9-10,14-15,17-19H,5-8,11-13,21H2,1H3;1H/t14-,17-,18+,19-;/m0./s1. The fraction of sp³-hybridized carbons (Fsp3) is 0.650. The van der Waals surface area contributed by atoms with Gasteiger partial charge in [-0.2, -0.15) is 0 Å². The lowest BCUT2D eigenvalue weighted by molar-refractivity contribution is -0.157. The van der Waals surface area contributed by atoms with Crippen molar-refractivity contribution in [2.24, 2.45) is 11.7 Å². The van der Waals surface area contributed by atoms with Crippen molar-refractivity contribution >= 4 is 18.4 Å². The van der Waals surface area contributed by atoms with E-state index in [2.05, 4.69) is 0 Å². The molecule has 1 aliphatic carbocycles. The Morgan fingerprint density at radius 1 is 1.15 bits per heavy atom. The van der Waals surface area contributed by atoms with Crippen LogP contribution < -0.4 is 10.5 Å². The quantitative estimate of drug-likeness (QED) is 0.806. The minimum Gasteiger partial charge on any atom is -0.484 e. The van der Waals surface area contributed by atoms with Gasteiger partial charge in [0.25, 0.3) is 0 Å². The minimum atomic E-state index is -0.634. The average Bonchev–Trinajstić information content (AvgIpc) is 3.12. The number of nitrogens with two attached hydrogens (primary N) is 1. The number of benzene rings is 1. The van der Waals surface area contributed by atoms with E-state index in [0.717, 1.165) is 12.2 Å². The van der Waals surface area contributed by atoms with E-state index in [-0.39, 0.29) is 30.6 Å². The Morgan fingerprint density at radius 2 is 1.85 bits per heavy atom. The predicted octanol–water partition coefficient (Wildman–Crippen LogP) is 3.48. The highest BCUT2D eigenvalue weighted by molar-refractivity contribution is 5.85. The lowest BCUT2D eigenvalue weighted by atomic mass is 9.95. The molecule has 26 heavy (non-hydrogen) atoms. The highest BCUT2D eigenvalue weighted by atomic mass is 35.5. The van der Waals surface area contributed by atoms with Gasteiger partial charge < -0.3 is 19.9 Å². The smallest absolute Gasteiger partial charge is 0.323 e. The number of cyclic esters (lactones) is 1. The largest absolute Gasteiger partial charge is 0.484 e. The molecular weight excluding hydrogens is 354 g/mol. The zero-order valence-electron chi connectivity index (χ0n) is 15.3. The number of hydrogen-bond acceptors (Lipinski definition) is 5. The molecule has 146 valence electrons. The zero-order chi connectivity index (χ0) is 17.6. The minimum absolute atomic E-state index is 0. The summed E-state index contributed by atoms with van der Waals surface area (Å²) in [4.78, 5) is 12.1. The fourth-order valence-electron chi connectivity index (χ4n) is 3.80. The molecule has 1 aliphatic heterocycles. The van der Waals surface area contributed by atoms with Gasteiger partial charge >= 0.3 is 5.97 Å². The highest BCUT2D eigenvalue weighted by Crippen LogP contribution is 2.32. The van der Waals surface area contributed by atoms with Crippen molar-refractivity contribution in [3.63, 3.8) is 0 Å². The number of para-hydroxylation sites is 1. The molecule has 1 aromatic rings. The van der Waals surface area contributed by atoms with E-state index in [4.69, 9.17) is 19.9 Å². The van der Waals surface area contributed by atoms with Crippen molar-refractivity contribution in [2.45, 2.75) is 69.8 Å². The van der Waals surface area contributed by atoms with Crippen molar-refractivity contribution < 1.29 is 19.0 Å². The van der Waals surface area contributed by atoms with Gasteiger partial charge in [-0.3, -0.25) is 4.79 Å². The summed E-state index contributed by atoms with van der Waals surface area (Å²) in [5, 5.41) is 0. The van der Waals surface area contributed by atoms with Crippen LogP contribution in [0.2, 0.25) is 0 Å². The van der Waals surface area contributed by atoms with Crippen molar-refractivity contribution in [1.29, 1.82) is 0 Å². The highest BCUT2D eigenvalue weighted by Gasteiger charge is 2.36. The van der Waals surface area contributed by atoms with Crippen LogP contribution in [0.4, 0.5) is 0 Å². The van der Waals surface area contributed by atoms with Gasteiger partial charge in [0, 0.05) is 6.61 Å². The van der Waals surface area contributed by atoms with Crippen molar-refractivity contribution in [1.82, 2.24) is 0 Å². The molecule has 1 aromatic carbocycles. The molecule has 0 aromatic heterocycles. The maximum absolute atomic E-state index is 12.1. The predicted molar refractivity (Wildman–Crippen MR) is 103 cm³/mol. The number of esters is 1. The number of rotatable bonds is 4. The topological polar surface area (TPSA) is 70.8 Å². The van der Waals surface area contributed by atoms with Crippen LogP contribution in [0.1, 0.15) is 45.4 Å². The number of carbonyl (C=O) groups excluding carboxylic acids is 1. The van der Waals surface area contributed by atoms with E-state index in [9.17, 15) is 4.79 Å². The third-order valence-electron chi connectivity index (χ3n) is 5.25. The summed E-state index contributed by atoms with van der Waals surface area (Å²) in [5.41, 5.74) is 5.89. The van der Waals surface area contributed by atoms with Gasteiger partial charge in [0.15, 0.2) is 6.10 Å². The normalized spacial score (nSPS) is 30.5. The van der Waals surface area contributed by atoms with E-state index < -0.39 is 12.1 Å². The first kappa shape index (κ1) is 21.0. The molecular formula is C20H30ClNO4. The first-order chi connectivity index (χ1) is 12.1. The molecule has 1 saturated carbocycles. The third kappa shape index (κ3) is 5.60. The van der Waals surface area contributed by atoms with Crippen LogP contribution >= 0.6 is 12.4 Å². The number of carbonyl (C=O) groups is 1. The van der Waals surface area contributed by atoms with Gasteiger partial charge in [0.1, 0.15) is 17.9 Å². The van der Waals surface area contributed by atoms with E-state index in [0.29, 0.717) is 18.9 Å². The van der Waals surface area contributed by atoms with Gasteiger partial charge in [-0.15, -0.1) is 12.4 Å². The van der Waals surface area contributed by atoms with Crippen LogP contribution in [0, 0.1) is 5.92 Å². The van der Waals surface area contributed by atoms with Gasteiger partial charge in [0.2, 0.25) is 0 Å². The molecule has 0 radical (unpaired) electrons. The van der Waals surface area contributed by atoms with Crippen molar-refractivity contribution in [3.8, 4) is 5.75 Å². The molecule has 2 aliphatic rings. The molecule has 2 fully saturated rings. The summed E-state index contributed by atoms with van der Waals surface area (Å²) < 4.78 is 18.0.